The van der Waals surface area contributed by atoms with Crippen molar-refractivity contribution < 1.29 is 0 Å². The van der Waals surface area contributed by atoms with Crippen LogP contribution in [-0.2, 0) is 0 Å². The van der Waals surface area contributed by atoms with Crippen molar-refractivity contribution in [3.63, 3.8) is 0 Å². The Morgan fingerprint density at radius 3 is 2.57 bits per heavy atom. The molecule has 0 aromatic heterocycles. The summed E-state index contributed by atoms with van der Waals surface area (Å²) in [6.45, 7) is 6.73. The molecule has 4 heteroatoms. The molecule has 4 nitrogen and oxygen atoms in total. The van der Waals surface area contributed by atoms with Crippen molar-refractivity contribution in [3.8, 4) is 6.07 Å². The highest BCUT2D eigenvalue weighted by Gasteiger charge is 2.42. The van der Waals surface area contributed by atoms with E-state index in [0.717, 1.165) is 25.9 Å². The quantitative estimate of drug-likeness (QED) is 0.781. The molecule has 0 saturated heterocycles. The van der Waals surface area contributed by atoms with Gasteiger partial charge in [0.25, 0.3) is 0 Å². The summed E-state index contributed by atoms with van der Waals surface area (Å²) >= 11 is 0. The van der Waals surface area contributed by atoms with Crippen molar-refractivity contribution in [2.75, 3.05) is 27.2 Å². The molecular weight excluding hydrogens is 260 g/mol. The van der Waals surface area contributed by atoms with E-state index in [9.17, 15) is 5.26 Å². The van der Waals surface area contributed by atoms with E-state index in [-0.39, 0.29) is 5.54 Å². The number of rotatable bonds is 7. The minimum Gasteiger partial charge on any atom is -0.308 e. The van der Waals surface area contributed by atoms with Crippen molar-refractivity contribution >= 4 is 0 Å². The van der Waals surface area contributed by atoms with Crippen LogP contribution in [-0.4, -0.2) is 60.6 Å². The number of likely N-dealkylation sites (N-methyl/N-ethyl adjacent to an activating group) is 2. The second-order valence-corrected chi connectivity index (χ2v) is 7.30. The number of nitrogens with zero attached hydrogens (tertiary/aromatic N) is 3. The SMILES string of the molecule is CCN(C(C)CN(C)C)C1CCCC(C#N)(NC2CC2)C1. The first kappa shape index (κ1) is 16.7. The molecule has 0 aliphatic heterocycles. The fraction of sp³-hybridized carbons (Fsp3) is 0.941. The molecule has 3 atom stereocenters. The van der Waals surface area contributed by atoms with Gasteiger partial charge in [0.15, 0.2) is 0 Å². The van der Waals surface area contributed by atoms with Crippen LogP contribution in [0.15, 0.2) is 0 Å². The van der Waals surface area contributed by atoms with Crippen LogP contribution in [0, 0.1) is 11.3 Å². The van der Waals surface area contributed by atoms with E-state index in [1.54, 1.807) is 0 Å². The van der Waals surface area contributed by atoms with E-state index in [4.69, 9.17) is 0 Å². The molecule has 0 radical (unpaired) electrons. The van der Waals surface area contributed by atoms with Gasteiger partial charge in [-0.15, -0.1) is 0 Å². The van der Waals surface area contributed by atoms with E-state index in [2.05, 4.69) is 49.1 Å². The predicted molar refractivity (Wildman–Crippen MR) is 87.2 cm³/mol. The Morgan fingerprint density at radius 1 is 1.33 bits per heavy atom. The van der Waals surface area contributed by atoms with Crippen LogP contribution < -0.4 is 5.32 Å². The highest BCUT2D eigenvalue weighted by Crippen LogP contribution is 2.35. The van der Waals surface area contributed by atoms with Crippen molar-refractivity contribution in [2.24, 2.45) is 0 Å². The summed E-state index contributed by atoms with van der Waals surface area (Å²) in [5, 5.41) is 13.4. The Bertz CT molecular complexity index is 371. The molecule has 0 aromatic rings. The van der Waals surface area contributed by atoms with E-state index in [0.29, 0.717) is 18.1 Å². The van der Waals surface area contributed by atoms with Crippen LogP contribution in [0.3, 0.4) is 0 Å². The lowest BCUT2D eigenvalue weighted by Crippen LogP contribution is -2.55. The molecule has 0 heterocycles. The van der Waals surface area contributed by atoms with E-state index < -0.39 is 0 Å². The molecular formula is C17H32N4. The van der Waals surface area contributed by atoms with Crippen LogP contribution in [0.25, 0.3) is 0 Å². The lowest BCUT2D eigenvalue weighted by molar-refractivity contribution is 0.0782. The summed E-state index contributed by atoms with van der Waals surface area (Å²) in [5.41, 5.74) is -0.269. The highest BCUT2D eigenvalue weighted by atomic mass is 15.2. The molecule has 2 rings (SSSR count). The van der Waals surface area contributed by atoms with Crippen LogP contribution >= 0.6 is 0 Å². The zero-order valence-corrected chi connectivity index (χ0v) is 14.2. The Balaban J connectivity index is 2.01. The number of nitriles is 1. The molecule has 3 unspecified atom stereocenters. The monoisotopic (exact) mass is 292 g/mol. The Morgan fingerprint density at radius 2 is 2.05 bits per heavy atom. The predicted octanol–water partition coefficient (Wildman–Crippen LogP) is 2.22. The maximum absolute atomic E-state index is 9.74. The van der Waals surface area contributed by atoms with Gasteiger partial charge in [-0.2, -0.15) is 5.26 Å². The van der Waals surface area contributed by atoms with Crippen molar-refractivity contribution in [1.82, 2.24) is 15.1 Å². The minimum atomic E-state index is -0.269. The summed E-state index contributed by atoms with van der Waals surface area (Å²) in [5.74, 6) is 0. The van der Waals surface area contributed by atoms with Gasteiger partial charge in [0.05, 0.1) is 6.07 Å². The topological polar surface area (TPSA) is 42.3 Å². The number of nitrogens with one attached hydrogen (secondary N) is 1. The van der Waals surface area contributed by atoms with Gasteiger partial charge < -0.3 is 4.90 Å². The maximum atomic E-state index is 9.74. The van der Waals surface area contributed by atoms with Gasteiger partial charge in [-0.05, 0) is 66.1 Å². The lowest BCUT2D eigenvalue weighted by atomic mass is 9.78. The molecule has 0 spiro atoms. The normalized spacial score (nSPS) is 31.4. The third kappa shape index (κ3) is 4.42. The number of hydrogen-bond donors (Lipinski definition) is 1. The highest BCUT2D eigenvalue weighted by molar-refractivity contribution is 5.13. The zero-order chi connectivity index (χ0) is 15.5. The summed E-state index contributed by atoms with van der Waals surface area (Å²) in [6, 6.07) is 4.33. The molecule has 2 fully saturated rings. The lowest BCUT2D eigenvalue weighted by Gasteiger charge is -2.44. The summed E-state index contributed by atoms with van der Waals surface area (Å²) < 4.78 is 0. The van der Waals surface area contributed by atoms with Crippen LogP contribution in [0.1, 0.15) is 52.4 Å². The van der Waals surface area contributed by atoms with Crippen LogP contribution in [0.4, 0.5) is 0 Å². The molecule has 2 aliphatic carbocycles. The fourth-order valence-corrected chi connectivity index (χ4v) is 3.98. The van der Waals surface area contributed by atoms with Crippen LogP contribution in [0.2, 0.25) is 0 Å². The summed E-state index contributed by atoms with van der Waals surface area (Å²) in [4.78, 5) is 4.87. The largest absolute Gasteiger partial charge is 0.308 e. The van der Waals surface area contributed by atoms with E-state index in [1.807, 2.05) is 0 Å². The van der Waals surface area contributed by atoms with Gasteiger partial charge in [0.2, 0.25) is 0 Å². The Hall–Kier alpha value is -0.630. The molecule has 0 aromatic carbocycles. The third-order valence-corrected chi connectivity index (χ3v) is 5.03. The van der Waals surface area contributed by atoms with Gasteiger partial charge in [-0.3, -0.25) is 10.2 Å². The Kier molecular flexibility index (Phi) is 5.65. The summed E-state index contributed by atoms with van der Waals surface area (Å²) in [7, 11) is 4.28. The second kappa shape index (κ2) is 7.09. The van der Waals surface area contributed by atoms with E-state index in [1.165, 1.54) is 25.7 Å². The van der Waals surface area contributed by atoms with Crippen molar-refractivity contribution in [1.29, 1.82) is 5.26 Å². The first-order valence-corrected chi connectivity index (χ1v) is 8.59. The average molecular weight is 292 g/mol. The molecule has 21 heavy (non-hydrogen) atoms. The van der Waals surface area contributed by atoms with Crippen LogP contribution in [0.5, 0.6) is 0 Å². The molecule has 2 saturated carbocycles. The molecule has 2 aliphatic rings. The zero-order valence-electron chi connectivity index (χ0n) is 14.2. The van der Waals surface area contributed by atoms with Gasteiger partial charge in [0.1, 0.15) is 5.54 Å². The summed E-state index contributed by atoms with van der Waals surface area (Å²) in [6.07, 6.45) is 6.93. The number of hydrogen-bond acceptors (Lipinski definition) is 4. The standard InChI is InChI=1S/C17H32N4/c1-5-21(14(2)12-20(3)4)16-7-6-10-17(11-16,13-18)19-15-8-9-15/h14-16,19H,5-12H2,1-4H3. The minimum absolute atomic E-state index is 0.269. The van der Waals surface area contributed by atoms with Crippen molar-refractivity contribution in [2.45, 2.75) is 76.0 Å². The van der Waals surface area contributed by atoms with Gasteiger partial charge >= 0.3 is 0 Å². The van der Waals surface area contributed by atoms with Crippen molar-refractivity contribution in [3.05, 3.63) is 0 Å². The molecule has 1 N–H and O–H groups in total. The average Bonchev–Trinajstić information content (AvgIpc) is 3.23. The van der Waals surface area contributed by atoms with Gasteiger partial charge in [-0.1, -0.05) is 6.92 Å². The third-order valence-electron chi connectivity index (χ3n) is 5.03. The molecule has 0 amide bonds. The first-order valence-electron chi connectivity index (χ1n) is 8.59. The molecule has 0 bridgehead atoms. The van der Waals surface area contributed by atoms with E-state index >= 15 is 0 Å². The Labute approximate surface area is 130 Å². The second-order valence-electron chi connectivity index (χ2n) is 7.30. The van der Waals surface area contributed by atoms with Gasteiger partial charge in [0, 0.05) is 24.7 Å². The first-order chi connectivity index (χ1) is 9.99. The fourth-order valence-electron chi connectivity index (χ4n) is 3.98. The van der Waals surface area contributed by atoms with Gasteiger partial charge in [-0.25, -0.2) is 0 Å². The maximum Gasteiger partial charge on any atom is 0.108 e. The molecule has 120 valence electrons. The smallest absolute Gasteiger partial charge is 0.108 e.